The lowest BCUT2D eigenvalue weighted by molar-refractivity contribution is -0.127. The molecule has 2 N–H and O–H groups in total. The second kappa shape index (κ2) is 9.51. The molecule has 1 atom stereocenters. The first-order valence-corrected chi connectivity index (χ1v) is 10.3. The minimum Gasteiger partial charge on any atom is -0.375 e. The molecule has 138 valence electrons. The summed E-state index contributed by atoms with van der Waals surface area (Å²) in [7, 11) is 3.52. The Kier molecular flexibility index (Phi) is 7.68. The van der Waals surface area contributed by atoms with Crippen LogP contribution in [0.1, 0.15) is 38.5 Å². The SMILES string of the molecule is CSCCNC(=NCC(=O)N(C)C)NC1CCOC2(CCCC2)C1. The molecule has 0 aromatic carbocycles. The summed E-state index contributed by atoms with van der Waals surface area (Å²) in [5, 5.41) is 6.89. The van der Waals surface area contributed by atoms with Crippen LogP contribution < -0.4 is 10.6 Å². The van der Waals surface area contributed by atoms with Crippen molar-refractivity contribution in [3.8, 4) is 0 Å². The molecule has 1 aliphatic heterocycles. The molecular weight excluding hydrogens is 324 g/mol. The maximum Gasteiger partial charge on any atom is 0.243 e. The Hall–Kier alpha value is -0.950. The maximum absolute atomic E-state index is 11.8. The molecule has 2 fully saturated rings. The molecule has 7 heteroatoms. The van der Waals surface area contributed by atoms with Crippen LogP contribution in [0.2, 0.25) is 0 Å². The van der Waals surface area contributed by atoms with Crippen LogP contribution in [0, 0.1) is 0 Å². The van der Waals surface area contributed by atoms with E-state index in [4.69, 9.17) is 4.74 Å². The van der Waals surface area contributed by atoms with E-state index in [0.29, 0.717) is 6.04 Å². The van der Waals surface area contributed by atoms with Crippen LogP contribution in [0.25, 0.3) is 0 Å². The van der Waals surface area contributed by atoms with Gasteiger partial charge in [0.1, 0.15) is 6.54 Å². The fourth-order valence-electron chi connectivity index (χ4n) is 3.42. The molecule has 0 aromatic heterocycles. The van der Waals surface area contributed by atoms with Crippen LogP contribution in [-0.4, -0.2) is 74.2 Å². The van der Waals surface area contributed by atoms with Crippen molar-refractivity contribution in [1.82, 2.24) is 15.5 Å². The average Bonchev–Trinajstić information content (AvgIpc) is 2.99. The number of nitrogens with one attached hydrogen (secondary N) is 2. The molecule has 1 unspecified atom stereocenters. The Morgan fingerprint density at radius 2 is 2.12 bits per heavy atom. The topological polar surface area (TPSA) is 66.0 Å². The molecule has 1 saturated carbocycles. The van der Waals surface area contributed by atoms with E-state index in [0.717, 1.165) is 37.7 Å². The van der Waals surface area contributed by atoms with Gasteiger partial charge in [0.25, 0.3) is 0 Å². The predicted molar refractivity (Wildman–Crippen MR) is 101 cm³/mol. The number of thioether (sulfide) groups is 1. The van der Waals surface area contributed by atoms with Gasteiger partial charge in [0, 0.05) is 39.0 Å². The lowest BCUT2D eigenvalue weighted by atomic mass is 9.89. The molecule has 2 rings (SSSR count). The highest BCUT2D eigenvalue weighted by Gasteiger charge is 2.40. The number of carbonyl (C=O) groups excluding carboxylic acids is 1. The van der Waals surface area contributed by atoms with E-state index in [-0.39, 0.29) is 18.1 Å². The summed E-state index contributed by atoms with van der Waals surface area (Å²) in [6.07, 6.45) is 9.02. The molecule has 1 aliphatic carbocycles. The monoisotopic (exact) mass is 356 g/mol. The van der Waals surface area contributed by atoms with Crippen molar-refractivity contribution in [2.75, 3.05) is 45.8 Å². The Bertz CT molecular complexity index is 436. The fraction of sp³-hybridized carbons (Fsp3) is 0.882. The molecule has 0 aromatic rings. The summed E-state index contributed by atoms with van der Waals surface area (Å²) in [5.41, 5.74) is 0.0831. The summed E-state index contributed by atoms with van der Waals surface area (Å²) in [4.78, 5) is 17.9. The second-order valence-corrected chi connectivity index (χ2v) is 7.93. The van der Waals surface area contributed by atoms with E-state index < -0.39 is 0 Å². The van der Waals surface area contributed by atoms with Gasteiger partial charge in [-0.2, -0.15) is 11.8 Å². The summed E-state index contributed by atoms with van der Waals surface area (Å²) < 4.78 is 6.10. The number of carbonyl (C=O) groups is 1. The first-order valence-electron chi connectivity index (χ1n) is 8.92. The average molecular weight is 357 g/mol. The fourth-order valence-corrected chi connectivity index (χ4v) is 3.73. The number of hydrogen-bond acceptors (Lipinski definition) is 4. The molecule has 1 saturated heterocycles. The van der Waals surface area contributed by atoms with Crippen LogP contribution in [0.15, 0.2) is 4.99 Å². The minimum absolute atomic E-state index is 0.0141. The van der Waals surface area contributed by atoms with Gasteiger partial charge in [-0.15, -0.1) is 0 Å². The summed E-state index contributed by atoms with van der Waals surface area (Å²) in [5.74, 6) is 1.78. The van der Waals surface area contributed by atoms with Gasteiger partial charge in [0.05, 0.1) is 5.60 Å². The number of nitrogens with zero attached hydrogens (tertiary/aromatic N) is 2. The van der Waals surface area contributed by atoms with E-state index in [1.807, 2.05) is 0 Å². The normalized spacial score (nSPS) is 23.3. The lowest BCUT2D eigenvalue weighted by Crippen LogP contribution is -2.51. The Labute approximate surface area is 150 Å². The van der Waals surface area contributed by atoms with Crippen LogP contribution in [0.4, 0.5) is 0 Å². The first-order chi connectivity index (χ1) is 11.5. The second-order valence-electron chi connectivity index (χ2n) is 6.95. The van der Waals surface area contributed by atoms with Crippen molar-refractivity contribution in [3.05, 3.63) is 0 Å². The van der Waals surface area contributed by atoms with E-state index >= 15 is 0 Å². The molecule has 1 heterocycles. The Morgan fingerprint density at radius 1 is 1.38 bits per heavy atom. The van der Waals surface area contributed by atoms with Gasteiger partial charge in [0.2, 0.25) is 5.91 Å². The minimum atomic E-state index is 0.0141. The van der Waals surface area contributed by atoms with Crippen molar-refractivity contribution < 1.29 is 9.53 Å². The van der Waals surface area contributed by atoms with Gasteiger partial charge >= 0.3 is 0 Å². The van der Waals surface area contributed by atoms with E-state index in [1.54, 1.807) is 30.8 Å². The van der Waals surface area contributed by atoms with E-state index in [2.05, 4.69) is 21.9 Å². The van der Waals surface area contributed by atoms with Crippen LogP contribution in [0.5, 0.6) is 0 Å². The number of hydrogen-bond donors (Lipinski definition) is 2. The Balaban J connectivity index is 1.92. The molecule has 2 aliphatic rings. The third-order valence-corrected chi connectivity index (χ3v) is 5.43. The zero-order valence-corrected chi connectivity index (χ0v) is 16.1. The molecule has 0 radical (unpaired) electrons. The molecule has 6 nitrogen and oxygen atoms in total. The smallest absolute Gasteiger partial charge is 0.243 e. The summed E-state index contributed by atoms with van der Waals surface area (Å²) in [6.45, 7) is 1.83. The van der Waals surface area contributed by atoms with Crippen LogP contribution in [0.3, 0.4) is 0 Å². The van der Waals surface area contributed by atoms with Gasteiger partial charge in [-0.1, -0.05) is 12.8 Å². The first kappa shape index (κ1) is 19.4. The maximum atomic E-state index is 11.8. The molecular formula is C17H32N4O2S. The highest BCUT2D eigenvalue weighted by atomic mass is 32.2. The van der Waals surface area contributed by atoms with Crippen molar-refractivity contribution in [3.63, 3.8) is 0 Å². The van der Waals surface area contributed by atoms with Gasteiger partial charge in [-0.25, -0.2) is 4.99 Å². The molecule has 1 spiro atoms. The quantitative estimate of drug-likeness (QED) is 0.429. The van der Waals surface area contributed by atoms with Gasteiger partial charge < -0.3 is 20.3 Å². The van der Waals surface area contributed by atoms with Crippen molar-refractivity contribution in [2.24, 2.45) is 4.99 Å². The van der Waals surface area contributed by atoms with Crippen molar-refractivity contribution in [2.45, 2.75) is 50.2 Å². The standard InChI is InChI=1S/C17H32N4O2S/c1-21(2)15(22)13-19-16(18-9-11-24-3)20-14-6-10-23-17(12-14)7-4-5-8-17/h14H,4-13H2,1-3H3,(H2,18,19,20). The molecule has 0 bridgehead atoms. The number of ether oxygens (including phenoxy) is 1. The van der Waals surface area contributed by atoms with Crippen LogP contribution >= 0.6 is 11.8 Å². The van der Waals surface area contributed by atoms with Crippen LogP contribution in [-0.2, 0) is 9.53 Å². The highest BCUT2D eigenvalue weighted by Crippen LogP contribution is 2.39. The van der Waals surface area contributed by atoms with E-state index in [1.165, 1.54) is 25.7 Å². The zero-order chi connectivity index (χ0) is 17.4. The summed E-state index contributed by atoms with van der Waals surface area (Å²) in [6, 6.07) is 0.367. The van der Waals surface area contributed by atoms with Gasteiger partial charge in [-0.05, 0) is 31.9 Å². The van der Waals surface area contributed by atoms with Crippen molar-refractivity contribution >= 4 is 23.6 Å². The number of rotatable bonds is 6. The largest absolute Gasteiger partial charge is 0.375 e. The third kappa shape index (κ3) is 5.84. The van der Waals surface area contributed by atoms with E-state index in [9.17, 15) is 4.79 Å². The van der Waals surface area contributed by atoms with Gasteiger partial charge in [0.15, 0.2) is 5.96 Å². The zero-order valence-electron chi connectivity index (χ0n) is 15.3. The Morgan fingerprint density at radius 3 is 2.79 bits per heavy atom. The number of likely N-dealkylation sites (N-methyl/N-ethyl adjacent to an activating group) is 1. The van der Waals surface area contributed by atoms with Gasteiger partial charge in [-0.3, -0.25) is 4.79 Å². The number of amides is 1. The highest BCUT2D eigenvalue weighted by molar-refractivity contribution is 7.98. The lowest BCUT2D eigenvalue weighted by Gasteiger charge is -2.39. The third-order valence-electron chi connectivity index (χ3n) is 4.82. The number of guanidine groups is 1. The molecule has 1 amide bonds. The number of aliphatic imine (C=N–C) groups is 1. The molecule has 24 heavy (non-hydrogen) atoms. The van der Waals surface area contributed by atoms with Crippen molar-refractivity contribution in [1.29, 1.82) is 0 Å². The predicted octanol–water partition coefficient (Wildman–Crippen LogP) is 1.46. The summed E-state index contributed by atoms with van der Waals surface area (Å²) >= 11 is 1.79.